The van der Waals surface area contributed by atoms with Crippen LogP contribution in [0, 0.1) is 9.93 Å². The predicted molar refractivity (Wildman–Crippen MR) is 29.7 cm³/mol. The van der Waals surface area contributed by atoms with Crippen LogP contribution in [0.25, 0.3) is 0 Å². The molecule has 0 aromatic heterocycles. The van der Waals surface area contributed by atoms with Gasteiger partial charge in [-0.2, -0.15) is 0 Å². The molecule has 7 heavy (non-hydrogen) atoms. The maximum Gasteiger partial charge on any atom is 0 e. The second-order valence-corrected chi connectivity index (χ2v) is 0. The second-order valence-electron chi connectivity index (χ2n) is 0. The van der Waals surface area contributed by atoms with Gasteiger partial charge in [-0.15, -0.1) is 0 Å². The topological polar surface area (TPSA) is 34.1 Å². The van der Waals surface area contributed by atoms with Crippen molar-refractivity contribution in [3.63, 3.8) is 0 Å². The molecule has 0 N–H and O–H groups in total. The van der Waals surface area contributed by atoms with Crippen LogP contribution in [0.3, 0.4) is 0 Å². The molecule has 7 heteroatoms. The van der Waals surface area contributed by atoms with Crippen LogP contribution in [0.15, 0.2) is 0 Å². The molecule has 36 valence electrons. The summed E-state index contributed by atoms with van der Waals surface area (Å²) in [6.45, 7) is 0. The van der Waals surface area contributed by atoms with Crippen molar-refractivity contribution in [1.82, 2.24) is 0 Å². The molecule has 0 aliphatic heterocycles. The molecule has 0 heterocycles. The summed E-state index contributed by atoms with van der Waals surface area (Å²) in [4.78, 5) is 14.0. The van der Waals surface area contributed by atoms with Crippen LogP contribution in [0.4, 0.5) is 0 Å². The molecule has 0 saturated carbocycles. The Bertz CT molecular complexity index is 17.7. The van der Waals surface area contributed by atoms with Gasteiger partial charge < -0.3 is 0 Å². The van der Waals surface area contributed by atoms with Crippen molar-refractivity contribution in [1.29, 1.82) is 0 Å². The van der Waals surface area contributed by atoms with Gasteiger partial charge in [-0.3, -0.25) is 0 Å². The van der Waals surface area contributed by atoms with Crippen molar-refractivity contribution in [2.45, 2.75) is 0 Å². The number of hydrogen-bond donors (Lipinski definition) is 0. The molecule has 0 amide bonds. The molecule has 0 bridgehead atoms. The predicted octanol–water partition coefficient (Wildman–Crippen LogP) is -1.46. The third-order valence-corrected chi connectivity index (χ3v) is 0. The monoisotopic (exact) mass is 640 g/mol. The van der Waals surface area contributed by atoms with E-state index in [1.165, 1.54) is 0 Å². The largest absolute Gasteiger partial charge is 0 e. The van der Waals surface area contributed by atoms with Gasteiger partial charge >= 0.3 is 0 Å². The van der Waals surface area contributed by atoms with Gasteiger partial charge in [-0.1, -0.05) is 0 Å². The summed E-state index contributed by atoms with van der Waals surface area (Å²) in [6, 6.07) is 0. The third-order valence-electron chi connectivity index (χ3n) is 0. The van der Waals surface area contributed by atoms with Gasteiger partial charge in [0.25, 0.3) is 0 Å². The summed E-state index contributed by atoms with van der Waals surface area (Å²) >= 11 is 0. The Morgan fingerprint density at radius 3 is 1.00 bits per heavy atom. The summed E-state index contributed by atoms with van der Waals surface area (Å²) in [7, 11) is 0. The first-order valence-electron chi connectivity index (χ1n) is 0.167. The Morgan fingerprint density at radius 1 is 1.00 bits per heavy atom. The summed E-state index contributed by atoms with van der Waals surface area (Å²) in [5, 5.41) is 0. The molecule has 0 aliphatic carbocycles. The molecule has 0 atom stereocenters. The van der Waals surface area contributed by atoms with Crippen molar-refractivity contribution < 1.29 is 17.1 Å². The molecule has 0 fully saturated rings. The SMILES string of the molecule is O=O.[Bi].[Ca].[Cu].[Pb].[Sr]. The summed E-state index contributed by atoms with van der Waals surface area (Å²) in [6.07, 6.45) is 0. The Hall–Kier alpha value is 4.66. The fraction of sp³-hybridized carbons (Fsp3) is 0. The molecule has 0 aromatic carbocycles. The molecule has 2 nitrogen and oxygen atoms in total. The van der Waals surface area contributed by atoms with E-state index in [4.69, 9.17) is 9.93 Å². The van der Waals surface area contributed by atoms with Crippen LogP contribution in [0.5, 0.6) is 0 Å². The van der Waals surface area contributed by atoms with Gasteiger partial charge in [0.05, 0.1) is 0 Å². The second kappa shape index (κ2) is 45.8. The van der Waals surface area contributed by atoms with Crippen LogP contribution >= 0.6 is 0 Å². The Morgan fingerprint density at radius 2 is 1.00 bits per heavy atom. The number of rotatable bonds is 0. The van der Waals surface area contributed by atoms with E-state index in [1.54, 1.807) is 0 Å². The Balaban J connectivity index is -0.000000000500. The van der Waals surface area contributed by atoms with Crippen molar-refractivity contribution in [2.75, 3.05) is 0 Å². The van der Waals surface area contributed by atoms with Crippen LogP contribution in [0.1, 0.15) is 0 Å². The maximum atomic E-state index is 7.00. The summed E-state index contributed by atoms with van der Waals surface area (Å²) < 4.78 is 0. The quantitative estimate of drug-likeness (QED) is 0.304. The van der Waals surface area contributed by atoms with E-state index in [0.717, 1.165) is 0 Å². The molecule has 0 unspecified atom stereocenters. The molecule has 0 aromatic rings. The van der Waals surface area contributed by atoms with Gasteiger partial charge in [0.1, 0.15) is 0 Å². The van der Waals surface area contributed by atoms with Gasteiger partial charge in [0.2, 0.25) is 0 Å². The van der Waals surface area contributed by atoms with E-state index in [1.807, 2.05) is 0 Å². The zero-order valence-corrected chi connectivity index (χ0v) is 17.5. The summed E-state index contributed by atoms with van der Waals surface area (Å²) in [5.41, 5.74) is 0. The zero-order valence-electron chi connectivity index (χ0n) is 3.48. The Labute approximate surface area is 159 Å². The van der Waals surface area contributed by atoms with E-state index < -0.39 is 0 Å². The minimum absolute atomic E-state index is 0. The molecular weight excluding hydrogens is 639 g/mol. The molecule has 0 rings (SSSR count). The van der Waals surface area contributed by atoms with E-state index in [9.17, 15) is 0 Å². The number of hydrogen-bond acceptors (Lipinski definition) is 2. The van der Waals surface area contributed by atoms with E-state index >= 15 is 0 Å². The average molecular weight is 639 g/mol. The summed E-state index contributed by atoms with van der Waals surface area (Å²) in [5.74, 6) is 0. The van der Waals surface area contributed by atoms with Gasteiger partial charge in [-0.25, -0.2) is 0 Å². The molecule has 0 saturated heterocycles. The molecule has 0 spiro atoms. The van der Waals surface area contributed by atoms with Crippen molar-refractivity contribution in [2.24, 2.45) is 0 Å². The normalized spacial score (nSPS) is 0.571. The molecular formula is BiCaCuO2PbSr. The van der Waals surface area contributed by atoms with Crippen molar-refractivity contribution in [3.05, 3.63) is 9.93 Å². The standard InChI is InChI=1S/Bi.Ca.Cu.O2.Pb.Sr/c;;;1-2;;. The first kappa shape index (κ1) is 41.3. The van der Waals surface area contributed by atoms with Gasteiger partial charge in [0.15, 0.2) is 0 Å². The first-order valence-corrected chi connectivity index (χ1v) is 0.167. The van der Waals surface area contributed by atoms with E-state index in [-0.39, 0.29) is 154 Å². The third kappa shape index (κ3) is 36.8. The fourth-order valence-corrected chi connectivity index (χ4v) is 0. The minimum Gasteiger partial charge on any atom is 0 e. The molecule has 12 radical (unpaired) electrons. The smallest absolute Gasteiger partial charge is 0 e. The minimum atomic E-state index is 0. The molecule has 0 aliphatic rings. The van der Waals surface area contributed by atoms with Crippen molar-refractivity contribution in [3.8, 4) is 0 Å². The van der Waals surface area contributed by atoms with E-state index in [0.29, 0.717) is 0 Å². The van der Waals surface area contributed by atoms with Crippen LogP contribution < -0.4 is 0 Å². The van der Waals surface area contributed by atoms with Crippen LogP contribution in [0.2, 0.25) is 0 Å². The first-order chi connectivity index (χ1) is 1.00. The van der Waals surface area contributed by atoms with Crippen LogP contribution in [-0.4, -0.2) is 137 Å². The van der Waals surface area contributed by atoms with Gasteiger partial charge in [-0.05, 0) is 0 Å². The van der Waals surface area contributed by atoms with Crippen LogP contribution in [-0.2, 0) is 17.1 Å². The average Bonchev–Trinajstić information content (AvgIpc) is 1.00. The van der Waals surface area contributed by atoms with E-state index in [2.05, 4.69) is 0 Å². The zero-order chi connectivity index (χ0) is 2.00. The van der Waals surface area contributed by atoms with Gasteiger partial charge in [0, 0.05) is 164 Å². The Kier molecular flexibility index (Phi) is 270. The fourth-order valence-electron chi connectivity index (χ4n) is 0. The van der Waals surface area contributed by atoms with Crippen molar-refractivity contribution >= 4 is 137 Å². The maximum absolute atomic E-state index is 7.00.